The lowest BCUT2D eigenvalue weighted by Gasteiger charge is -2.29. The smallest absolute Gasteiger partial charge is 0.128 e. The van der Waals surface area contributed by atoms with Crippen LogP contribution in [0.3, 0.4) is 0 Å². The van der Waals surface area contributed by atoms with Crippen molar-refractivity contribution in [1.29, 1.82) is 0 Å². The molecular weight excluding hydrogens is 378 g/mol. The Labute approximate surface area is 177 Å². The lowest BCUT2D eigenvalue weighted by molar-refractivity contribution is 0.0279. The number of hydrogen-bond donors (Lipinski definition) is 1. The first-order valence-electron chi connectivity index (χ1n) is 10.4. The van der Waals surface area contributed by atoms with Crippen molar-refractivity contribution >= 4 is 5.82 Å². The first kappa shape index (κ1) is 20.4. The number of nitrogens with zero attached hydrogens (tertiary/aromatic N) is 5. The molecule has 0 saturated carbocycles. The highest BCUT2D eigenvalue weighted by molar-refractivity contribution is 5.40. The van der Waals surface area contributed by atoms with Gasteiger partial charge in [0.2, 0.25) is 0 Å². The molecule has 0 radical (unpaired) electrons. The lowest BCUT2D eigenvalue weighted by Crippen LogP contribution is -2.43. The highest BCUT2D eigenvalue weighted by atomic mass is 16.5. The van der Waals surface area contributed by atoms with E-state index >= 15 is 0 Å². The Kier molecular flexibility index (Phi) is 6.30. The fourth-order valence-corrected chi connectivity index (χ4v) is 3.97. The van der Waals surface area contributed by atoms with Crippen LogP contribution in [0.2, 0.25) is 0 Å². The van der Waals surface area contributed by atoms with Gasteiger partial charge in [-0.15, -0.1) is 0 Å². The number of hydrogen-bond acceptors (Lipinski definition) is 6. The quantitative estimate of drug-likeness (QED) is 0.588. The van der Waals surface area contributed by atoms with Crippen molar-refractivity contribution in [2.75, 3.05) is 38.2 Å². The first-order chi connectivity index (χ1) is 14.6. The third kappa shape index (κ3) is 5.37. The van der Waals surface area contributed by atoms with E-state index < -0.39 is 5.60 Å². The Morgan fingerprint density at radius 2 is 2.00 bits per heavy atom. The minimum atomic E-state index is -0.720. The van der Waals surface area contributed by atoms with Gasteiger partial charge in [-0.05, 0) is 49.4 Å². The molecule has 1 saturated heterocycles. The summed E-state index contributed by atoms with van der Waals surface area (Å²) in [6.07, 6.45) is 6.24. The van der Waals surface area contributed by atoms with Gasteiger partial charge in [0, 0.05) is 44.8 Å². The van der Waals surface area contributed by atoms with Crippen molar-refractivity contribution < 1.29 is 9.84 Å². The van der Waals surface area contributed by atoms with Crippen molar-refractivity contribution in [2.24, 2.45) is 0 Å². The maximum absolute atomic E-state index is 11.1. The first-order valence-corrected chi connectivity index (χ1v) is 10.4. The molecule has 0 aliphatic carbocycles. The number of benzene rings is 1. The fraction of sp³-hybridized carbons (Fsp3) is 0.391. The molecule has 1 atom stereocenters. The van der Waals surface area contributed by atoms with E-state index in [2.05, 4.69) is 39.1 Å². The second-order valence-corrected chi connectivity index (χ2v) is 8.02. The van der Waals surface area contributed by atoms with Crippen molar-refractivity contribution in [3.63, 3.8) is 0 Å². The Hall–Kier alpha value is -2.90. The van der Waals surface area contributed by atoms with E-state index in [9.17, 15) is 5.11 Å². The number of rotatable bonds is 9. The Bertz CT molecular complexity index is 901. The molecular formula is C23H29N5O2. The predicted octanol–water partition coefficient (Wildman–Crippen LogP) is 2.43. The summed E-state index contributed by atoms with van der Waals surface area (Å²) in [5, 5.41) is 15.2. The predicted molar refractivity (Wildman–Crippen MR) is 117 cm³/mol. The minimum absolute atomic E-state index is 0.584. The fourth-order valence-electron chi connectivity index (χ4n) is 3.97. The summed E-state index contributed by atoms with van der Waals surface area (Å²) in [6.45, 7) is 4.15. The van der Waals surface area contributed by atoms with Crippen LogP contribution in [0.1, 0.15) is 12.0 Å². The zero-order chi connectivity index (χ0) is 20.8. The largest absolute Gasteiger partial charge is 0.492 e. The minimum Gasteiger partial charge on any atom is -0.492 e. The molecule has 1 fully saturated rings. The van der Waals surface area contributed by atoms with E-state index in [0.717, 1.165) is 37.6 Å². The number of anilines is 1. The molecule has 2 aromatic heterocycles. The van der Waals surface area contributed by atoms with Crippen LogP contribution in [0.5, 0.6) is 5.75 Å². The number of ether oxygens (including phenoxy) is 1. The van der Waals surface area contributed by atoms with E-state index in [4.69, 9.17) is 4.74 Å². The molecule has 4 rings (SSSR count). The Morgan fingerprint density at radius 3 is 2.73 bits per heavy atom. The molecule has 0 bridgehead atoms. The van der Waals surface area contributed by atoms with Crippen molar-refractivity contribution in [2.45, 2.75) is 25.1 Å². The maximum Gasteiger partial charge on any atom is 0.128 e. The molecule has 1 aliphatic rings. The molecule has 1 aromatic carbocycles. The molecule has 30 heavy (non-hydrogen) atoms. The van der Waals surface area contributed by atoms with Gasteiger partial charge in [-0.1, -0.05) is 18.2 Å². The normalized spacial score (nSPS) is 18.8. The number of aromatic nitrogens is 3. The van der Waals surface area contributed by atoms with Crippen LogP contribution < -0.4 is 9.64 Å². The van der Waals surface area contributed by atoms with E-state index in [1.165, 1.54) is 5.56 Å². The molecule has 7 nitrogen and oxygen atoms in total. The number of likely N-dealkylation sites (N-methyl/N-ethyl adjacent to an activating group) is 1. The number of β-amino-alcohol motifs (C(OH)–C–C–N with tert-alkyl or cyclic N) is 1. The molecule has 3 heterocycles. The molecule has 3 aromatic rings. The van der Waals surface area contributed by atoms with Gasteiger partial charge >= 0.3 is 0 Å². The van der Waals surface area contributed by atoms with Gasteiger partial charge in [-0.2, -0.15) is 5.10 Å². The van der Waals surface area contributed by atoms with E-state index in [1.54, 1.807) is 12.4 Å². The van der Waals surface area contributed by atoms with Gasteiger partial charge in [0.1, 0.15) is 18.2 Å². The van der Waals surface area contributed by atoms with Crippen LogP contribution in [0.25, 0.3) is 0 Å². The van der Waals surface area contributed by atoms with Crippen molar-refractivity contribution in [3.8, 4) is 5.75 Å². The van der Waals surface area contributed by atoms with Crippen LogP contribution in [-0.2, 0) is 13.1 Å². The van der Waals surface area contributed by atoms with Crippen LogP contribution in [0, 0.1) is 0 Å². The maximum atomic E-state index is 11.1. The molecule has 0 unspecified atom stereocenters. The van der Waals surface area contributed by atoms with Gasteiger partial charge in [0.25, 0.3) is 0 Å². The van der Waals surface area contributed by atoms with Gasteiger partial charge in [-0.25, -0.2) is 4.98 Å². The molecule has 158 valence electrons. The van der Waals surface area contributed by atoms with Crippen molar-refractivity contribution in [3.05, 3.63) is 72.7 Å². The van der Waals surface area contributed by atoms with Crippen LogP contribution in [-0.4, -0.2) is 63.7 Å². The number of pyridine rings is 1. The van der Waals surface area contributed by atoms with Crippen LogP contribution >= 0.6 is 0 Å². The zero-order valence-electron chi connectivity index (χ0n) is 17.4. The summed E-state index contributed by atoms with van der Waals surface area (Å²) < 4.78 is 7.64. The Balaban J connectivity index is 1.24. The van der Waals surface area contributed by atoms with Gasteiger partial charge in [0.15, 0.2) is 0 Å². The van der Waals surface area contributed by atoms with E-state index in [-0.39, 0.29) is 0 Å². The average Bonchev–Trinajstić information content (AvgIpc) is 3.40. The van der Waals surface area contributed by atoms with E-state index in [0.29, 0.717) is 19.7 Å². The lowest BCUT2D eigenvalue weighted by atomic mass is 10.0. The molecule has 1 aliphatic heterocycles. The third-order valence-corrected chi connectivity index (χ3v) is 5.39. The zero-order valence-corrected chi connectivity index (χ0v) is 17.4. The topological polar surface area (TPSA) is 66.7 Å². The number of aliphatic hydroxyl groups is 1. The Morgan fingerprint density at radius 1 is 1.13 bits per heavy atom. The van der Waals surface area contributed by atoms with Gasteiger partial charge in [-0.3, -0.25) is 9.58 Å². The standard InChI is InChI=1S/C23H29N5O2/c1-26(18-23(29)10-14-27(19-23)22-5-2-3-11-24-22)17-20-6-8-21(9-7-20)30-16-15-28-13-4-12-25-28/h2-9,11-13,29H,10,14-19H2,1H3/t23-/m1/s1. The van der Waals surface area contributed by atoms with Crippen LogP contribution in [0.4, 0.5) is 5.82 Å². The SMILES string of the molecule is CN(Cc1ccc(OCCn2cccn2)cc1)C[C@]1(O)CCN(c2ccccn2)C1. The molecule has 0 spiro atoms. The van der Waals surface area contributed by atoms with Gasteiger partial charge < -0.3 is 14.7 Å². The van der Waals surface area contributed by atoms with Gasteiger partial charge in [0.05, 0.1) is 12.1 Å². The van der Waals surface area contributed by atoms with Crippen LogP contribution in [0.15, 0.2) is 67.1 Å². The van der Waals surface area contributed by atoms with E-state index in [1.807, 2.05) is 47.3 Å². The van der Waals surface area contributed by atoms with Crippen molar-refractivity contribution in [1.82, 2.24) is 19.7 Å². The highest BCUT2D eigenvalue weighted by Crippen LogP contribution is 2.26. The monoisotopic (exact) mass is 407 g/mol. The molecule has 0 amide bonds. The second-order valence-electron chi connectivity index (χ2n) is 8.02. The highest BCUT2D eigenvalue weighted by Gasteiger charge is 2.37. The summed E-state index contributed by atoms with van der Waals surface area (Å²) in [7, 11) is 2.05. The summed E-state index contributed by atoms with van der Waals surface area (Å²) in [4.78, 5) is 8.73. The summed E-state index contributed by atoms with van der Waals surface area (Å²) in [6, 6.07) is 16.0. The summed E-state index contributed by atoms with van der Waals surface area (Å²) >= 11 is 0. The third-order valence-electron chi connectivity index (χ3n) is 5.39. The molecule has 1 N–H and O–H groups in total. The summed E-state index contributed by atoms with van der Waals surface area (Å²) in [5.41, 5.74) is 0.474. The molecule has 7 heteroatoms. The second kappa shape index (κ2) is 9.28. The summed E-state index contributed by atoms with van der Waals surface area (Å²) in [5.74, 6) is 1.79. The average molecular weight is 408 g/mol.